The number of fused-ring (bicyclic) bond motifs is 1. The minimum absolute atomic E-state index is 0.955. The van der Waals surface area contributed by atoms with E-state index in [0.717, 1.165) is 18.2 Å². The number of benzene rings is 2. The Kier molecular flexibility index (Phi) is 4.38. The highest BCUT2D eigenvalue weighted by molar-refractivity contribution is 9.09. The van der Waals surface area contributed by atoms with Gasteiger partial charge in [-0.25, -0.2) is 0 Å². The predicted octanol–water partition coefficient (Wildman–Crippen LogP) is 5.11. The van der Waals surface area contributed by atoms with Gasteiger partial charge in [-0.05, 0) is 36.1 Å². The first-order valence-corrected chi connectivity index (χ1v) is 7.11. The van der Waals surface area contributed by atoms with E-state index in [-0.39, 0.29) is 0 Å². The van der Waals surface area contributed by atoms with Gasteiger partial charge in [-0.15, -0.1) is 0 Å². The molecule has 0 fully saturated rings. The molecular weight excluding hydrogens is 272 g/mol. The maximum atomic E-state index is 3.43. The van der Waals surface area contributed by atoms with Crippen LogP contribution in [0.2, 0.25) is 0 Å². The molecule has 0 spiro atoms. The van der Waals surface area contributed by atoms with Gasteiger partial charge in [0.15, 0.2) is 0 Å². The number of aryl methyl sites for hydroxylation is 1. The summed E-state index contributed by atoms with van der Waals surface area (Å²) in [5.74, 6) is 0. The van der Waals surface area contributed by atoms with Gasteiger partial charge in [-0.1, -0.05) is 70.0 Å². The average molecular weight is 289 g/mol. The van der Waals surface area contributed by atoms with Crippen molar-refractivity contribution in [1.82, 2.24) is 0 Å². The monoisotopic (exact) mass is 288 g/mol. The van der Waals surface area contributed by atoms with Gasteiger partial charge < -0.3 is 0 Å². The highest BCUT2D eigenvalue weighted by atomic mass is 79.9. The lowest BCUT2D eigenvalue weighted by atomic mass is 10.0. The lowest BCUT2D eigenvalue weighted by molar-refractivity contribution is 0.941. The third-order valence-corrected chi connectivity index (χ3v) is 3.37. The van der Waals surface area contributed by atoms with E-state index in [4.69, 9.17) is 0 Å². The van der Waals surface area contributed by atoms with Crippen LogP contribution in [0, 0.1) is 0 Å². The highest BCUT2D eigenvalue weighted by Gasteiger charge is 1.97. The van der Waals surface area contributed by atoms with E-state index in [1.54, 1.807) is 0 Å². The maximum absolute atomic E-state index is 3.43. The van der Waals surface area contributed by atoms with Crippen molar-refractivity contribution in [3.05, 3.63) is 59.7 Å². The van der Waals surface area contributed by atoms with E-state index >= 15 is 0 Å². The standard InChI is InChI=1S/C16H17Br/c1-13(10-11-17)6-7-14-8-9-15-4-2-3-5-16(15)12-14/h2-5,8-10,12H,6-7,11H2,1H3. The molecule has 0 bridgehead atoms. The molecule has 0 aliphatic carbocycles. The van der Waals surface area contributed by atoms with E-state index in [1.165, 1.54) is 21.9 Å². The fourth-order valence-corrected chi connectivity index (χ4v) is 2.52. The summed E-state index contributed by atoms with van der Waals surface area (Å²) in [5, 5.41) is 3.62. The van der Waals surface area contributed by atoms with Gasteiger partial charge in [-0.3, -0.25) is 0 Å². The molecule has 2 aromatic rings. The molecule has 0 saturated carbocycles. The van der Waals surface area contributed by atoms with Crippen molar-refractivity contribution in [1.29, 1.82) is 0 Å². The molecule has 17 heavy (non-hydrogen) atoms. The molecule has 0 nitrogen and oxygen atoms in total. The molecule has 0 N–H and O–H groups in total. The normalized spacial score (nSPS) is 12.0. The Hall–Kier alpha value is -1.08. The number of hydrogen-bond acceptors (Lipinski definition) is 0. The molecule has 88 valence electrons. The third-order valence-electron chi connectivity index (χ3n) is 3.05. The molecule has 0 aromatic heterocycles. The maximum Gasteiger partial charge on any atom is 0.0214 e. The molecule has 0 unspecified atom stereocenters. The van der Waals surface area contributed by atoms with Gasteiger partial charge in [0, 0.05) is 5.33 Å². The van der Waals surface area contributed by atoms with Crippen molar-refractivity contribution in [2.75, 3.05) is 5.33 Å². The van der Waals surface area contributed by atoms with Crippen molar-refractivity contribution < 1.29 is 0 Å². The first-order valence-electron chi connectivity index (χ1n) is 5.99. The molecular formula is C16H17Br. The van der Waals surface area contributed by atoms with Crippen LogP contribution in [-0.4, -0.2) is 5.33 Å². The van der Waals surface area contributed by atoms with Crippen LogP contribution in [0.15, 0.2) is 54.1 Å². The highest BCUT2D eigenvalue weighted by Crippen LogP contribution is 2.17. The van der Waals surface area contributed by atoms with Crippen LogP contribution < -0.4 is 0 Å². The van der Waals surface area contributed by atoms with Crippen molar-refractivity contribution >= 4 is 26.7 Å². The molecule has 2 rings (SSSR count). The zero-order chi connectivity index (χ0) is 12.1. The summed E-state index contributed by atoms with van der Waals surface area (Å²) in [6.07, 6.45) is 4.51. The molecule has 1 heteroatoms. The van der Waals surface area contributed by atoms with Crippen LogP contribution in [0.4, 0.5) is 0 Å². The quantitative estimate of drug-likeness (QED) is 0.541. The van der Waals surface area contributed by atoms with E-state index < -0.39 is 0 Å². The van der Waals surface area contributed by atoms with Gasteiger partial charge in [-0.2, -0.15) is 0 Å². The van der Waals surface area contributed by atoms with Gasteiger partial charge in [0.1, 0.15) is 0 Å². The molecule has 0 saturated heterocycles. The second-order valence-electron chi connectivity index (χ2n) is 4.39. The van der Waals surface area contributed by atoms with Crippen LogP contribution in [0.3, 0.4) is 0 Å². The van der Waals surface area contributed by atoms with Crippen molar-refractivity contribution in [3.63, 3.8) is 0 Å². The van der Waals surface area contributed by atoms with Crippen LogP contribution >= 0.6 is 15.9 Å². The summed E-state index contributed by atoms with van der Waals surface area (Å²) in [7, 11) is 0. The van der Waals surface area contributed by atoms with Gasteiger partial charge in [0.2, 0.25) is 0 Å². The smallest absolute Gasteiger partial charge is 0.0214 e. The minimum atomic E-state index is 0.955. The molecule has 0 atom stereocenters. The summed E-state index contributed by atoms with van der Waals surface area (Å²) < 4.78 is 0. The van der Waals surface area contributed by atoms with E-state index in [2.05, 4.69) is 71.4 Å². The summed E-state index contributed by atoms with van der Waals surface area (Å²) in [5.41, 5.74) is 2.88. The number of hydrogen-bond donors (Lipinski definition) is 0. The average Bonchev–Trinajstić information content (AvgIpc) is 2.36. The van der Waals surface area contributed by atoms with E-state index in [0.29, 0.717) is 0 Å². The molecule has 2 aromatic carbocycles. The summed E-state index contributed by atoms with van der Waals surface area (Å²) in [4.78, 5) is 0. The molecule has 0 aliphatic rings. The van der Waals surface area contributed by atoms with Crippen LogP contribution in [0.1, 0.15) is 18.9 Å². The van der Waals surface area contributed by atoms with Gasteiger partial charge >= 0.3 is 0 Å². The fourth-order valence-electron chi connectivity index (χ4n) is 1.97. The van der Waals surface area contributed by atoms with E-state index in [1.807, 2.05) is 0 Å². The molecule has 0 aliphatic heterocycles. The number of allylic oxidation sites excluding steroid dienone is 2. The predicted molar refractivity (Wildman–Crippen MR) is 79.8 cm³/mol. The van der Waals surface area contributed by atoms with Crippen molar-refractivity contribution in [2.45, 2.75) is 19.8 Å². The Morgan fingerprint density at radius 3 is 2.65 bits per heavy atom. The Morgan fingerprint density at radius 2 is 1.88 bits per heavy atom. The van der Waals surface area contributed by atoms with E-state index in [9.17, 15) is 0 Å². The molecule has 0 heterocycles. The second kappa shape index (κ2) is 6.02. The largest absolute Gasteiger partial charge is 0.0883 e. The van der Waals surface area contributed by atoms with Crippen LogP contribution in [0.25, 0.3) is 10.8 Å². The topological polar surface area (TPSA) is 0 Å². The van der Waals surface area contributed by atoms with Crippen LogP contribution in [-0.2, 0) is 6.42 Å². The number of halogens is 1. The first-order chi connectivity index (χ1) is 8.29. The SMILES string of the molecule is CC(=CCBr)CCc1ccc2ccccc2c1. The number of rotatable bonds is 4. The Bertz CT molecular complexity index is 526. The summed E-state index contributed by atoms with van der Waals surface area (Å²) in [6.45, 7) is 2.20. The lowest BCUT2D eigenvalue weighted by Crippen LogP contribution is -1.87. The zero-order valence-corrected chi connectivity index (χ0v) is 11.7. The Labute approximate surface area is 111 Å². The lowest BCUT2D eigenvalue weighted by Gasteiger charge is -2.04. The second-order valence-corrected chi connectivity index (χ2v) is 5.03. The van der Waals surface area contributed by atoms with Gasteiger partial charge in [0.05, 0.1) is 0 Å². The fraction of sp³-hybridized carbons (Fsp3) is 0.250. The van der Waals surface area contributed by atoms with Gasteiger partial charge in [0.25, 0.3) is 0 Å². The van der Waals surface area contributed by atoms with Crippen LogP contribution in [0.5, 0.6) is 0 Å². The molecule has 0 radical (unpaired) electrons. The van der Waals surface area contributed by atoms with Crippen molar-refractivity contribution in [2.24, 2.45) is 0 Å². The summed E-state index contributed by atoms with van der Waals surface area (Å²) >= 11 is 3.43. The Balaban J connectivity index is 2.12. The first kappa shape index (κ1) is 12.4. The summed E-state index contributed by atoms with van der Waals surface area (Å²) in [6, 6.07) is 15.3. The third kappa shape index (κ3) is 3.44. The van der Waals surface area contributed by atoms with Crippen molar-refractivity contribution in [3.8, 4) is 0 Å². The Morgan fingerprint density at radius 1 is 1.12 bits per heavy atom. The zero-order valence-electron chi connectivity index (χ0n) is 10.1. The minimum Gasteiger partial charge on any atom is -0.0883 e. The number of alkyl halides is 1. The molecule has 0 amide bonds.